The highest BCUT2D eigenvalue weighted by atomic mass is 35.5. The van der Waals surface area contributed by atoms with Crippen LogP contribution in [0.1, 0.15) is 29.2 Å². The van der Waals surface area contributed by atoms with Gasteiger partial charge in [0.25, 0.3) is 5.91 Å². The third kappa shape index (κ3) is 5.57. The van der Waals surface area contributed by atoms with Crippen molar-refractivity contribution in [1.29, 1.82) is 5.41 Å². The van der Waals surface area contributed by atoms with E-state index >= 15 is 0 Å². The minimum absolute atomic E-state index is 0.0528. The number of hydrogen-bond donors (Lipinski definition) is 4. The molecule has 2 amide bonds. The number of aliphatic hydroxyl groups is 1. The fourth-order valence-electron chi connectivity index (χ4n) is 3.37. The van der Waals surface area contributed by atoms with Gasteiger partial charge in [-0.1, -0.05) is 11.6 Å². The molecule has 0 spiro atoms. The summed E-state index contributed by atoms with van der Waals surface area (Å²) in [5.41, 5.74) is 4.45. The summed E-state index contributed by atoms with van der Waals surface area (Å²) in [6, 6.07) is 3.86. The summed E-state index contributed by atoms with van der Waals surface area (Å²) in [7, 11) is 0. The van der Waals surface area contributed by atoms with Gasteiger partial charge in [0.05, 0.1) is 5.56 Å². The number of alkyl halides is 2. The Balaban J connectivity index is 1.65. The first-order valence-electron chi connectivity index (χ1n) is 9.81. The fourth-order valence-corrected chi connectivity index (χ4v) is 3.60. The lowest BCUT2D eigenvalue weighted by Crippen LogP contribution is -2.59. The van der Waals surface area contributed by atoms with Crippen LogP contribution < -0.4 is 15.8 Å². The molecule has 1 aliphatic rings. The Hall–Kier alpha value is -3.38. The molecular weight excluding hydrogens is 484 g/mol. The number of nitrogens with one attached hydrogen (secondary N) is 2. The number of benzene rings is 2. The maximum Gasteiger partial charge on any atom is 0.387 e. The number of halogens is 5. The highest BCUT2D eigenvalue weighted by molar-refractivity contribution is 6.30. The zero-order valence-electron chi connectivity index (χ0n) is 17.3. The number of rotatable bonds is 8. The summed E-state index contributed by atoms with van der Waals surface area (Å²) >= 11 is 5.84. The Morgan fingerprint density at radius 2 is 1.94 bits per heavy atom. The van der Waals surface area contributed by atoms with E-state index in [2.05, 4.69) is 10.1 Å². The molecule has 2 atom stereocenters. The molecule has 34 heavy (non-hydrogen) atoms. The lowest BCUT2D eigenvalue weighted by molar-refractivity contribution is -0.154. The fraction of sp³-hybridized carbons (Fsp3) is 0.286. The molecule has 0 saturated carbocycles. The third-order valence-corrected chi connectivity index (χ3v) is 5.37. The number of carbonyl (C=O) groups excluding carboxylic acids is 2. The van der Waals surface area contributed by atoms with Crippen LogP contribution in [0, 0.1) is 17.0 Å². The van der Waals surface area contributed by atoms with Crippen molar-refractivity contribution in [3.05, 3.63) is 63.7 Å². The van der Waals surface area contributed by atoms with Gasteiger partial charge in [-0.15, -0.1) is 0 Å². The van der Waals surface area contributed by atoms with Crippen molar-refractivity contribution in [2.24, 2.45) is 5.73 Å². The maximum atomic E-state index is 14.1. The van der Waals surface area contributed by atoms with Crippen molar-refractivity contribution < 1.29 is 37.0 Å². The maximum absolute atomic E-state index is 14.1. The lowest BCUT2D eigenvalue weighted by Gasteiger charge is -2.40. The van der Waals surface area contributed by atoms with Crippen molar-refractivity contribution in [3.63, 3.8) is 0 Å². The minimum Gasteiger partial charge on any atom is -0.435 e. The molecule has 2 aromatic rings. The molecule has 1 saturated heterocycles. The van der Waals surface area contributed by atoms with Gasteiger partial charge in [-0.3, -0.25) is 15.0 Å². The van der Waals surface area contributed by atoms with Crippen LogP contribution in [0.4, 0.5) is 17.6 Å². The zero-order valence-corrected chi connectivity index (χ0v) is 18.1. The van der Waals surface area contributed by atoms with Gasteiger partial charge in [-0.2, -0.15) is 8.78 Å². The van der Waals surface area contributed by atoms with Gasteiger partial charge in [0.15, 0.2) is 6.10 Å². The van der Waals surface area contributed by atoms with E-state index in [9.17, 15) is 32.3 Å². The van der Waals surface area contributed by atoms with Crippen molar-refractivity contribution in [1.82, 2.24) is 10.2 Å². The Bertz CT molecular complexity index is 1130. The van der Waals surface area contributed by atoms with Crippen LogP contribution >= 0.6 is 11.6 Å². The van der Waals surface area contributed by atoms with E-state index in [-0.39, 0.29) is 34.9 Å². The van der Waals surface area contributed by atoms with Crippen LogP contribution in [0.2, 0.25) is 5.02 Å². The second-order valence-electron chi connectivity index (χ2n) is 7.39. The van der Waals surface area contributed by atoms with Crippen molar-refractivity contribution in [2.75, 3.05) is 6.54 Å². The van der Waals surface area contributed by atoms with E-state index in [1.54, 1.807) is 0 Å². The number of likely N-dealkylation sites (tertiary alicyclic amines) is 1. The molecule has 13 heteroatoms. The van der Waals surface area contributed by atoms with Crippen LogP contribution in [0.15, 0.2) is 30.3 Å². The number of ether oxygens (including phenoxy) is 1. The van der Waals surface area contributed by atoms with Gasteiger partial charge in [-0.25, -0.2) is 8.78 Å². The molecule has 0 bridgehead atoms. The van der Waals surface area contributed by atoms with E-state index < -0.39 is 60.1 Å². The number of aliphatic hydroxyl groups excluding tert-OH is 1. The van der Waals surface area contributed by atoms with Crippen LogP contribution in [0.5, 0.6) is 5.75 Å². The average molecular weight is 503 g/mol. The van der Waals surface area contributed by atoms with Crippen molar-refractivity contribution in [2.45, 2.75) is 31.7 Å². The molecule has 1 heterocycles. The molecule has 1 fully saturated rings. The standard InChI is InChI=1S/C21H19ClF4N4O4/c22-11-3-9(4-12(6-11)34-21(25)26)17(31)20(33)30-2-1-16(30)19(32)29-8-10-5-15(24)13(18(27)28)7-14(10)23/h3-7,16-17,21,31H,1-2,8H2,(H3,27,28)(H,29,32)/t16-,17+/m0/s1. The van der Waals surface area contributed by atoms with E-state index in [4.69, 9.17) is 22.7 Å². The molecule has 0 aliphatic carbocycles. The van der Waals surface area contributed by atoms with Gasteiger partial charge >= 0.3 is 6.61 Å². The largest absolute Gasteiger partial charge is 0.435 e. The van der Waals surface area contributed by atoms with E-state index in [1.807, 2.05) is 0 Å². The van der Waals surface area contributed by atoms with Gasteiger partial charge in [-0.05, 0) is 42.3 Å². The molecule has 5 N–H and O–H groups in total. The minimum atomic E-state index is -3.14. The number of amidine groups is 1. The van der Waals surface area contributed by atoms with Crippen LogP contribution in [-0.2, 0) is 16.1 Å². The molecule has 0 unspecified atom stereocenters. The Kier molecular flexibility index (Phi) is 7.62. The van der Waals surface area contributed by atoms with E-state index in [0.29, 0.717) is 0 Å². The Morgan fingerprint density at radius 1 is 1.24 bits per heavy atom. The number of nitrogens with zero attached hydrogens (tertiary/aromatic N) is 1. The van der Waals surface area contributed by atoms with Crippen LogP contribution in [0.3, 0.4) is 0 Å². The van der Waals surface area contributed by atoms with Crippen molar-refractivity contribution in [3.8, 4) is 5.75 Å². The average Bonchev–Trinajstić information content (AvgIpc) is 2.71. The quantitative estimate of drug-likeness (QED) is 0.250. The van der Waals surface area contributed by atoms with Gasteiger partial charge in [0, 0.05) is 23.7 Å². The summed E-state index contributed by atoms with van der Waals surface area (Å²) < 4.78 is 57.3. The first kappa shape index (κ1) is 25.2. The van der Waals surface area contributed by atoms with Gasteiger partial charge < -0.3 is 25.8 Å². The summed E-state index contributed by atoms with van der Waals surface area (Å²) in [6.45, 7) is -3.41. The highest BCUT2D eigenvalue weighted by Crippen LogP contribution is 2.29. The summed E-state index contributed by atoms with van der Waals surface area (Å²) in [5, 5.41) is 20.0. The molecule has 1 aliphatic heterocycles. The Morgan fingerprint density at radius 3 is 2.53 bits per heavy atom. The third-order valence-electron chi connectivity index (χ3n) is 5.15. The number of nitrogen functional groups attached to an aromatic ring is 1. The molecule has 182 valence electrons. The molecule has 3 rings (SSSR count). The topological polar surface area (TPSA) is 129 Å². The molecule has 8 nitrogen and oxygen atoms in total. The summed E-state index contributed by atoms with van der Waals surface area (Å²) in [6.07, 6.45) is -1.56. The van der Waals surface area contributed by atoms with Gasteiger partial charge in [0.1, 0.15) is 29.3 Å². The summed E-state index contributed by atoms with van der Waals surface area (Å²) in [4.78, 5) is 26.2. The van der Waals surface area contributed by atoms with Crippen LogP contribution in [-0.4, -0.2) is 46.9 Å². The SMILES string of the molecule is N=C(N)c1cc(F)c(CNC(=O)[C@@H]2CCN2C(=O)[C@H](O)c2cc(Cl)cc(OC(F)F)c2)cc1F. The first-order valence-corrected chi connectivity index (χ1v) is 10.2. The highest BCUT2D eigenvalue weighted by Gasteiger charge is 2.40. The predicted molar refractivity (Wildman–Crippen MR) is 112 cm³/mol. The molecule has 0 radical (unpaired) electrons. The van der Waals surface area contributed by atoms with Crippen LogP contribution in [0.25, 0.3) is 0 Å². The molecule has 2 aromatic carbocycles. The summed E-state index contributed by atoms with van der Waals surface area (Å²) in [5.74, 6) is -4.37. The zero-order chi connectivity index (χ0) is 25.2. The second kappa shape index (κ2) is 10.3. The normalized spacial score (nSPS) is 16.1. The second-order valence-corrected chi connectivity index (χ2v) is 7.83. The molecular formula is C21H19ClF4N4O4. The number of amides is 2. The number of nitrogens with two attached hydrogens (primary N) is 1. The first-order chi connectivity index (χ1) is 16.0. The molecule has 0 aromatic heterocycles. The predicted octanol–water partition coefficient (Wildman–Crippen LogP) is 2.45. The number of carbonyl (C=O) groups is 2. The number of hydrogen-bond acceptors (Lipinski definition) is 5. The smallest absolute Gasteiger partial charge is 0.387 e. The lowest BCUT2D eigenvalue weighted by atomic mass is 9.98. The monoisotopic (exact) mass is 502 g/mol. The van der Waals surface area contributed by atoms with Gasteiger partial charge in [0.2, 0.25) is 5.91 Å². The van der Waals surface area contributed by atoms with E-state index in [1.165, 1.54) is 6.07 Å². The Labute approximate surface area is 195 Å². The van der Waals surface area contributed by atoms with Crippen molar-refractivity contribution >= 4 is 29.3 Å². The van der Waals surface area contributed by atoms with E-state index in [0.717, 1.165) is 29.2 Å².